The molecule has 0 aromatic heterocycles. The smallest absolute Gasteiger partial charge is 0.0351 e. The summed E-state index contributed by atoms with van der Waals surface area (Å²) in [5, 5.41) is 0. The van der Waals surface area contributed by atoms with E-state index in [0.29, 0.717) is 0 Å². The summed E-state index contributed by atoms with van der Waals surface area (Å²) in [6.45, 7) is 5.80. The first-order valence-corrected chi connectivity index (χ1v) is 6.65. The van der Waals surface area contributed by atoms with Crippen LogP contribution < -0.4 is 0 Å². The molecule has 0 aromatic carbocycles. The van der Waals surface area contributed by atoms with E-state index in [1.807, 2.05) is 0 Å². The quantitative estimate of drug-likeness (QED) is 0.638. The molecular formula is C12H22ClN. The van der Waals surface area contributed by atoms with Gasteiger partial charge in [0.05, 0.1) is 0 Å². The maximum Gasteiger partial charge on any atom is 0.0351 e. The van der Waals surface area contributed by atoms with Crippen molar-refractivity contribution in [2.75, 3.05) is 25.5 Å². The van der Waals surface area contributed by atoms with Gasteiger partial charge in [0.25, 0.3) is 0 Å². The highest BCUT2D eigenvalue weighted by Gasteiger charge is 2.39. The Hall–Kier alpha value is 0.250. The van der Waals surface area contributed by atoms with Crippen LogP contribution in [0.3, 0.4) is 0 Å². The zero-order valence-electron chi connectivity index (χ0n) is 9.21. The molecule has 0 heterocycles. The predicted octanol–water partition coefficient (Wildman–Crippen LogP) is 2.98. The van der Waals surface area contributed by atoms with Gasteiger partial charge < -0.3 is 4.90 Å². The summed E-state index contributed by atoms with van der Waals surface area (Å²) < 4.78 is 0. The van der Waals surface area contributed by atoms with Crippen molar-refractivity contribution < 1.29 is 0 Å². The molecule has 2 fully saturated rings. The van der Waals surface area contributed by atoms with E-state index in [2.05, 4.69) is 11.8 Å². The van der Waals surface area contributed by atoms with E-state index in [4.69, 9.17) is 11.6 Å². The minimum atomic E-state index is 0.786. The van der Waals surface area contributed by atoms with E-state index < -0.39 is 0 Å². The average molecular weight is 216 g/mol. The maximum atomic E-state index is 5.80. The fraction of sp³-hybridized carbons (Fsp3) is 1.00. The molecule has 2 bridgehead atoms. The highest BCUT2D eigenvalue weighted by molar-refractivity contribution is 6.18. The third-order valence-electron chi connectivity index (χ3n) is 4.23. The minimum absolute atomic E-state index is 0.786. The number of hydrogen-bond donors (Lipinski definition) is 0. The van der Waals surface area contributed by atoms with E-state index in [-0.39, 0.29) is 0 Å². The normalized spacial score (nSPS) is 35.8. The Morgan fingerprint density at radius 2 is 2.14 bits per heavy atom. The molecule has 3 atom stereocenters. The highest BCUT2D eigenvalue weighted by Crippen LogP contribution is 2.48. The molecule has 2 aliphatic rings. The van der Waals surface area contributed by atoms with Gasteiger partial charge in [0.15, 0.2) is 0 Å². The highest BCUT2D eigenvalue weighted by atomic mass is 35.5. The lowest BCUT2D eigenvalue weighted by molar-refractivity contribution is 0.205. The van der Waals surface area contributed by atoms with Crippen LogP contribution in [0.4, 0.5) is 0 Å². The summed E-state index contributed by atoms with van der Waals surface area (Å²) >= 11 is 5.80. The average Bonchev–Trinajstić information content (AvgIpc) is 2.78. The summed E-state index contributed by atoms with van der Waals surface area (Å²) in [4.78, 5) is 2.53. The third kappa shape index (κ3) is 2.25. The van der Waals surface area contributed by atoms with E-state index >= 15 is 0 Å². The van der Waals surface area contributed by atoms with Crippen molar-refractivity contribution >= 4 is 11.6 Å². The lowest BCUT2D eigenvalue weighted by Gasteiger charge is -2.28. The van der Waals surface area contributed by atoms with Gasteiger partial charge >= 0.3 is 0 Å². The first kappa shape index (κ1) is 10.8. The Balaban J connectivity index is 1.79. The molecule has 2 saturated carbocycles. The fourth-order valence-corrected chi connectivity index (χ4v) is 3.67. The van der Waals surface area contributed by atoms with Gasteiger partial charge in [0.2, 0.25) is 0 Å². The monoisotopic (exact) mass is 215 g/mol. The number of hydrogen-bond acceptors (Lipinski definition) is 1. The van der Waals surface area contributed by atoms with Gasteiger partial charge in [-0.1, -0.05) is 13.3 Å². The standard InChI is InChI=1S/C12H22ClN/c1-2-14(6-5-13)9-12-8-10-3-4-11(12)7-10/h10-12H,2-9H2,1H3. The van der Waals surface area contributed by atoms with Crippen molar-refractivity contribution in [2.24, 2.45) is 17.8 Å². The van der Waals surface area contributed by atoms with Crippen LogP contribution in [-0.4, -0.2) is 30.4 Å². The van der Waals surface area contributed by atoms with Crippen LogP contribution in [0.15, 0.2) is 0 Å². The molecule has 82 valence electrons. The van der Waals surface area contributed by atoms with Crippen molar-refractivity contribution in [3.05, 3.63) is 0 Å². The second kappa shape index (κ2) is 4.85. The molecule has 2 aliphatic carbocycles. The van der Waals surface area contributed by atoms with Gasteiger partial charge in [0, 0.05) is 19.0 Å². The molecule has 0 aliphatic heterocycles. The summed E-state index contributed by atoms with van der Waals surface area (Å²) in [6, 6.07) is 0. The van der Waals surface area contributed by atoms with Crippen LogP contribution in [0.1, 0.15) is 32.6 Å². The molecule has 2 heteroatoms. The lowest BCUT2D eigenvalue weighted by atomic mass is 9.88. The SMILES string of the molecule is CCN(CCCl)CC1CC2CCC1C2. The summed E-state index contributed by atoms with van der Waals surface area (Å²) in [7, 11) is 0. The first-order chi connectivity index (χ1) is 6.83. The van der Waals surface area contributed by atoms with Crippen LogP contribution in [0.25, 0.3) is 0 Å². The van der Waals surface area contributed by atoms with Gasteiger partial charge in [-0.15, -0.1) is 11.6 Å². The Morgan fingerprint density at radius 3 is 2.64 bits per heavy atom. The van der Waals surface area contributed by atoms with Crippen LogP contribution in [0.2, 0.25) is 0 Å². The maximum absolute atomic E-state index is 5.80. The van der Waals surface area contributed by atoms with Crippen molar-refractivity contribution in [2.45, 2.75) is 32.6 Å². The van der Waals surface area contributed by atoms with Gasteiger partial charge in [-0.05, 0) is 43.6 Å². The van der Waals surface area contributed by atoms with E-state index in [1.54, 1.807) is 0 Å². The first-order valence-electron chi connectivity index (χ1n) is 6.11. The van der Waals surface area contributed by atoms with Gasteiger partial charge in [-0.3, -0.25) is 0 Å². The van der Waals surface area contributed by atoms with E-state index in [9.17, 15) is 0 Å². The van der Waals surface area contributed by atoms with Crippen LogP contribution >= 0.6 is 11.6 Å². The zero-order chi connectivity index (χ0) is 9.97. The zero-order valence-corrected chi connectivity index (χ0v) is 9.97. The Kier molecular flexibility index (Phi) is 3.73. The largest absolute Gasteiger partial charge is 0.302 e. The lowest BCUT2D eigenvalue weighted by Crippen LogP contribution is -2.33. The number of rotatable bonds is 5. The van der Waals surface area contributed by atoms with Gasteiger partial charge in [-0.25, -0.2) is 0 Å². The van der Waals surface area contributed by atoms with Crippen molar-refractivity contribution in [3.8, 4) is 0 Å². The molecule has 3 unspecified atom stereocenters. The molecule has 1 nitrogen and oxygen atoms in total. The summed E-state index contributed by atoms with van der Waals surface area (Å²) in [5.74, 6) is 3.93. The molecule has 2 rings (SSSR count). The van der Waals surface area contributed by atoms with E-state index in [1.165, 1.54) is 38.8 Å². The molecule has 0 radical (unpaired) electrons. The molecule has 0 amide bonds. The molecule has 0 aromatic rings. The number of fused-ring (bicyclic) bond motifs is 2. The predicted molar refractivity (Wildman–Crippen MR) is 61.8 cm³/mol. The van der Waals surface area contributed by atoms with Crippen molar-refractivity contribution in [1.29, 1.82) is 0 Å². The van der Waals surface area contributed by atoms with Crippen molar-refractivity contribution in [1.82, 2.24) is 4.90 Å². The molecule has 0 saturated heterocycles. The minimum Gasteiger partial charge on any atom is -0.302 e. The van der Waals surface area contributed by atoms with Crippen molar-refractivity contribution in [3.63, 3.8) is 0 Å². The molecular weight excluding hydrogens is 194 g/mol. The Morgan fingerprint density at radius 1 is 1.29 bits per heavy atom. The molecule has 0 N–H and O–H groups in total. The Bertz CT molecular complexity index is 183. The number of nitrogens with zero attached hydrogens (tertiary/aromatic N) is 1. The Labute approximate surface area is 92.8 Å². The third-order valence-corrected chi connectivity index (χ3v) is 4.39. The van der Waals surface area contributed by atoms with Crippen LogP contribution in [-0.2, 0) is 0 Å². The fourth-order valence-electron chi connectivity index (χ4n) is 3.43. The molecule has 0 spiro atoms. The van der Waals surface area contributed by atoms with Crippen LogP contribution in [0, 0.1) is 17.8 Å². The second-order valence-electron chi connectivity index (χ2n) is 5.02. The number of alkyl halides is 1. The van der Waals surface area contributed by atoms with Crippen LogP contribution in [0.5, 0.6) is 0 Å². The molecule has 14 heavy (non-hydrogen) atoms. The van der Waals surface area contributed by atoms with Gasteiger partial charge in [-0.2, -0.15) is 0 Å². The number of halogens is 1. The van der Waals surface area contributed by atoms with Gasteiger partial charge in [0.1, 0.15) is 0 Å². The summed E-state index contributed by atoms with van der Waals surface area (Å²) in [5.41, 5.74) is 0. The topological polar surface area (TPSA) is 3.24 Å². The van der Waals surface area contributed by atoms with E-state index in [0.717, 1.165) is 30.2 Å². The summed E-state index contributed by atoms with van der Waals surface area (Å²) in [6.07, 6.45) is 6.06. The second-order valence-corrected chi connectivity index (χ2v) is 5.40.